The molecule has 0 unspecified atom stereocenters. The summed E-state index contributed by atoms with van der Waals surface area (Å²) in [7, 11) is 0. The first-order valence-corrected chi connectivity index (χ1v) is 5.61. The van der Waals surface area contributed by atoms with Crippen LogP contribution in [0.15, 0.2) is 24.4 Å². The van der Waals surface area contributed by atoms with Gasteiger partial charge in [-0.05, 0) is 46.1 Å². The van der Waals surface area contributed by atoms with Gasteiger partial charge in [0.25, 0.3) is 0 Å². The van der Waals surface area contributed by atoms with Gasteiger partial charge in [0, 0.05) is 17.1 Å². The second-order valence-electron chi connectivity index (χ2n) is 3.66. The number of halogens is 1. The van der Waals surface area contributed by atoms with E-state index >= 15 is 0 Å². The monoisotopic (exact) mass is 282 g/mol. The maximum absolute atomic E-state index is 11.0. The van der Waals surface area contributed by atoms with Crippen molar-refractivity contribution in [1.82, 2.24) is 4.98 Å². The molecule has 0 spiro atoms. The van der Waals surface area contributed by atoms with Crippen LogP contribution in [0.25, 0.3) is 10.9 Å². The van der Waals surface area contributed by atoms with Crippen molar-refractivity contribution in [2.45, 2.75) is 12.5 Å². The van der Waals surface area contributed by atoms with E-state index < -0.39 is 6.04 Å². The van der Waals surface area contributed by atoms with E-state index in [1.54, 1.807) is 24.4 Å². The minimum atomic E-state index is -0.568. The summed E-state index contributed by atoms with van der Waals surface area (Å²) >= 11 is 2.84. The average molecular weight is 283 g/mol. The van der Waals surface area contributed by atoms with Crippen LogP contribution in [0.4, 0.5) is 0 Å². The van der Waals surface area contributed by atoms with Crippen molar-refractivity contribution < 1.29 is 9.90 Å². The van der Waals surface area contributed by atoms with E-state index in [4.69, 9.17) is 5.73 Å². The lowest BCUT2D eigenvalue weighted by atomic mass is 10.1. The van der Waals surface area contributed by atoms with Crippen LogP contribution in [0, 0.1) is 0 Å². The first-order chi connectivity index (χ1) is 7.58. The van der Waals surface area contributed by atoms with Crippen molar-refractivity contribution in [2.24, 2.45) is 5.73 Å². The SMILES string of the molecule is N[C@@H](Cc1c[nH]c2ccc(O)cc12)C(=O)Br. The lowest BCUT2D eigenvalue weighted by Crippen LogP contribution is -2.28. The number of nitrogens with one attached hydrogen (secondary N) is 1. The van der Waals surface area contributed by atoms with Gasteiger partial charge in [-0.25, -0.2) is 0 Å². The number of carbonyl (C=O) groups is 1. The molecule has 0 aliphatic heterocycles. The van der Waals surface area contributed by atoms with Gasteiger partial charge in [-0.15, -0.1) is 0 Å². The normalized spacial score (nSPS) is 12.9. The molecule has 4 nitrogen and oxygen atoms in total. The molecule has 2 rings (SSSR count). The third-order valence-electron chi connectivity index (χ3n) is 2.48. The standard InChI is InChI=1S/C11H11BrN2O2/c12-11(16)9(13)3-6-5-14-10-2-1-7(15)4-8(6)10/h1-2,4-5,9,14-15H,3,13H2/t9-/m0/s1. The Balaban J connectivity index is 2.37. The molecule has 84 valence electrons. The molecule has 1 heterocycles. The number of nitrogens with two attached hydrogens (primary N) is 1. The Bertz CT molecular complexity index is 536. The smallest absolute Gasteiger partial charge is 0.214 e. The zero-order valence-corrected chi connectivity index (χ0v) is 9.99. The van der Waals surface area contributed by atoms with Gasteiger partial charge in [-0.2, -0.15) is 0 Å². The van der Waals surface area contributed by atoms with Crippen molar-refractivity contribution in [1.29, 1.82) is 0 Å². The summed E-state index contributed by atoms with van der Waals surface area (Å²) in [5, 5.41) is 10.3. The van der Waals surface area contributed by atoms with E-state index in [0.29, 0.717) is 6.42 Å². The Labute approximate surface area is 101 Å². The number of aromatic amines is 1. The van der Waals surface area contributed by atoms with Gasteiger partial charge in [-0.1, -0.05) is 0 Å². The molecule has 0 saturated heterocycles. The number of fused-ring (bicyclic) bond motifs is 1. The number of aromatic nitrogens is 1. The number of carbonyl (C=O) groups excluding carboxylic acids is 1. The van der Waals surface area contributed by atoms with Crippen LogP contribution in [-0.4, -0.2) is 20.8 Å². The van der Waals surface area contributed by atoms with E-state index in [0.717, 1.165) is 16.5 Å². The Kier molecular flexibility index (Phi) is 2.98. The molecule has 1 atom stereocenters. The van der Waals surface area contributed by atoms with Crippen molar-refractivity contribution in [2.75, 3.05) is 0 Å². The van der Waals surface area contributed by atoms with Gasteiger partial charge < -0.3 is 15.8 Å². The molecule has 1 aromatic carbocycles. The topological polar surface area (TPSA) is 79.1 Å². The molecule has 0 saturated carbocycles. The molecular weight excluding hydrogens is 272 g/mol. The number of benzene rings is 1. The van der Waals surface area contributed by atoms with Gasteiger partial charge in [0.15, 0.2) is 0 Å². The molecule has 1 aromatic heterocycles. The fourth-order valence-corrected chi connectivity index (χ4v) is 1.81. The Morgan fingerprint density at radius 1 is 1.56 bits per heavy atom. The zero-order valence-electron chi connectivity index (χ0n) is 8.40. The second kappa shape index (κ2) is 4.27. The summed E-state index contributed by atoms with van der Waals surface area (Å²) in [5.41, 5.74) is 7.50. The highest BCUT2D eigenvalue weighted by Gasteiger charge is 2.13. The Morgan fingerprint density at radius 2 is 2.31 bits per heavy atom. The number of phenolic OH excluding ortho intramolecular Hbond substituents is 1. The van der Waals surface area contributed by atoms with Crippen molar-refractivity contribution in [3.8, 4) is 5.75 Å². The molecule has 0 fully saturated rings. The van der Waals surface area contributed by atoms with E-state index in [1.165, 1.54) is 0 Å². The molecule has 4 N–H and O–H groups in total. The average Bonchev–Trinajstić information content (AvgIpc) is 2.61. The third kappa shape index (κ3) is 2.10. The first-order valence-electron chi connectivity index (χ1n) is 4.82. The van der Waals surface area contributed by atoms with Crippen molar-refractivity contribution >= 4 is 31.5 Å². The number of hydrogen-bond acceptors (Lipinski definition) is 3. The van der Waals surface area contributed by atoms with E-state index in [9.17, 15) is 9.90 Å². The summed E-state index contributed by atoms with van der Waals surface area (Å²) in [6.07, 6.45) is 2.24. The van der Waals surface area contributed by atoms with Crippen LogP contribution in [0.2, 0.25) is 0 Å². The fraction of sp³-hybridized carbons (Fsp3) is 0.182. The first kappa shape index (κ1) is 11.2. The molecule has 5 heteroatoms. The predicted octanol–water partition coefficient (Wildman–Crippen LogP) is 1.66. The number of rotatable bonds is 3. The lowest BCUT2D eigenvalue weighted by Gasteiger charge is -2.05. The van der Waals surface area contributed by atoms with Crippen LogP contribution in [-0.2, 0) is 11.2 Å². The fourth-order valence-electron chi connectivity index (χ4n) is 1.65. The quantitative estimate of drug-likeness (QED) is 0.750. The van der Waals surface area contributed by atoms with Crippen LogP contribution >= 0.6 is 15.9 Å². The van der Waals surface area contributed by atoms with Crippen molar-refractivity contribution in [3.63, 3.8) is 0 Å². The minimum absolute atomic E-state index is 0.201. The number of phenols is 1. The molecule has 2 aromatic rings. The molecule has 0 bridgehead atoms. The minimum Gasteiger partial charge on any atom is -0.508 e. The largest absolute Gasteiger partial charge is 0.508 e. The Hall–Kier alpha value is -1.33. The molecule has 0 aliphatic carbocycles. The molecule has 0 aliphatic rings. The van der Waals surface area contributed by atoms with Gasteiger partial charge in [0.2, 0.25) is 4.69 Å². The summed E-state index contributed by atoms with van der Waals surface area (Å²) in [5.74, 6) is 0.201. The van der Waals surface area contributed by atoms with E-state index in [1.807, 2.05) is 0 Å². The van der Waals surface area contributed by atoms with Crippen LogP contribution in [0.1, 0.15) is 5.56 Å². The highest BCUT2D eigenvalue weighted by molar-refractivity contribution is 9.18. The summed E-state index contributed by atoms with van der Waals surface area (Å²) in [6.45, 7) is 0. The lowest BCUT2D eigenvalue weighted by molar-refractivity contribution is -0.111. The zero-order chi connectivity index (χ0) is 11.7. The van der Waals surface area contributed by atoms with Gasteiger partial charge >= 0.3 is 0 Å². The van der Waals surface area contributed by atoms with Crippen molar-refractivity contribution in [3.05, 3.63) is 30.0 Å². The molecular formula is C11H11BrN2O2. The Morgan fingerprint density at radius 3 is 3.00 bits per heavy atom. The number of H-pyrrole nitrogens is 1. The maximum atomic E-state index is 11.0. The third-order valence-corrected chi connectivity index (χ3v) is 3.07. The summed E-state index contributed by atoms with van der Waals surface area (Å²) in [6, 6.07) is 4.49. The van der Waals surface area contributed by atoms with Crippen LogP contribution < -0.4 is 5.73 Å². The maximum Gasteiger partial charge on any atom is 0.214 e. The van der Waals surface area contributed by atoms with Crippen LogP contribution in [0.3, 0.4) is 0 Å². The molecule has 0 radical (unpaired) electrons. The summed E-state index contributed by atoms with van der Waals surface area (Å²) < 4.78 is -0.220. The second-order valence-corrected chi connectivity index (χ2v) is 4.44. The van der Waals surface area contributed by atoms with Crippen LogP contribution in [0.5, 0.6) is 5.75 Å². The number of aromatic hydroxyl groups is 1. The van der Waals surface area contributed by atoms with Gasteiger partial charge in [0.1, 0.15) is 5.75 Å². The number of hydrogen-bond donors (Lipinski definition) is 3. The molecule has 0 amide bonds. The van der Waals surface area contributed by atoms with Gasteiger partial charge in [0.05, 0.1) is 6.04 Å². The summed E-state index contributed by atoms with van der Waals surface area (Å²) in [4.78, 5) is 14.1. The van der Waals surface area contributed by atoms with E-state index in [2.05, 4.69) is 20.9 Å². The highest BCUT2D eigenvalue weighted by Crippen LogP contribution is 2.23. The van der Waals surface area contributed by atoms with Gasteiger partial charge in [-0.3, -0.25) is 4.79 Å². The predicted molar refractivity (Wildman–Crippen MR) is 65.6 cm³/mol. The van der Waals surface area contributed by atoms with E-state index in [-0.39, 0.29) is 10.4 Å². The highest BCUT2D eigenvalue weighted by atomic mass is 79.9. The molecule has 16 heavy (non-hydrogen) atoms.